The molecule has 33 heavy (non-hydrogen) atoms. The van der Waals surface area contributed by atoms with Crippen molar-refractivity contribution >= 4 is 23.1 Å². The van der Waals surface area contributed by atoms with Gasteiger partial charge in [-0.2, -0.15) is 18.3 Å². The number of halogens is 3. The summed E-state index contributed by atoms with van der Waals surface area (Å²) >= 11 is 0. The number of likely N-dealkylation sites (tertiary alicyclic amines) is 1. The van der Waals surface area contributed by atoms with Crippen LogP contribution in [0.4, 0.5) is 24.7 Å². The van der Waals surface area contributed by atoms with Crippen molar-refractivity contribution in [2.24, 2.45) is 13.0 Å². The van der Waals surface area contributed by atoms with E-state index < -0.39 is 18.0 Å². The summed E-state index contributed by atoms with van der Waals surface area (Å²) < 4.78 is 42.2. The van der Waals surface area contributed by atoms with Crippen molar-refractivity contribution in [3.8, 4) is 0 Å². The van der Waals surface area contributed by atoms with Crippen molar-refractivity contribution in [2.75, 3.05) is 24.5 Å². The number of carbonyl (C=O) groups excluding carboxylic acids is 1. The minimum atomic E-state index is -4.30. The fourth-order valence-electron chi connectivity index (χ4n) is 4.68. The molecule has 0 aromatic carbocycles. The maximum absolute atomic E-state index is 13.2. The van der Waals surface area contributed by atoms with Gasteiger partial charge in [0.1, 0.15) is 5.82 Å². The molecular formula is C22H23F3N6O2. The zero-order valence-electron chi connectivity index (χ0n) is 18.0. The van der Waals surface area contributed by atoms with Gasteiger partial charge in [-0.3, -0.25) is 9.20 Å². The van der Waals surface area contributed by atoms with E-state index in [4.69, 9.17) is 0 Å². The van der Waals surface area contributed by atoms with E-state index in [0.29, 0.717) is 36.5 Å². The van der Waals surface area contributed by atoms with Crippen molar-refractivity contribution in [3.63, 3.8) is 0 Å². The molecule has 0 aliphatic carbocycles. The van der Waals surface area contributed by atoms with Crippen LogP contribution in [0.1, 0.15) is 35.2 Å². The summed E-state index contributed by atoms with van der Waals surface area (Å²) in [4.78, 5) is 32.8. The predicted octanol–water partition coefficient (Wildman–Crippen LogP) is 2.93. The Kier molecular flexibility index (Phi) is 5.13. The maximum atomic E-state index is 13.2. The third-order valence-electron chi connectivity index (χ3n) is 6.41. The molecule has 174 valence electrons. The first-order chi connectivity index (χ1) is 15.7. The summed E-state index contributed by atoms with van der Waals surface area (Å²) in [5.74, 6) is -1.19. The highest BCUT2D eigenvalue weighted by Gasteiger charge is 2.42. The van der Waals surface area contributed by atoms with Crippen molar-refractivity contribution < 1.29 is 18.0 Å². The lowest BCUT2D eigenvalue weighted by Gasteiger charge is -2.34. The molecule has 8 nitrogen and oxygen atoms in total. The summed E-state index contributed by atoms with van der Waals surface area (Å²) in [6, 6.07) is 5.37. The van der Waals surface area contributed by atoms with Crippen molar-refractivity contribution in [2.45, 2.75) is 31.9 Å². The highest BCUT2D eigenvalue weighted by molar-refractivity contribution is 5.94. The van der Waals surface area contributed by atoms with Crippen molar-refractivity contribution in [1.82, 2.24) is 24.1 Å². The Balaban J connectivity index is 1.42. The van der Waals surface area contributed by atoms with Crippen molar-refractivity contribution in [1.29, 1.82) is 0 Å². The zero-order valence-corrected chi connectivity index (χ0v) is 18.0. The van der Waals surface area contributed by atoms with Crippen LogP contribution in [0.5, 0.6) is 0 Å². The van der Waals surface area contributed by atoms with Crippen LogP contribution in [0, 0.1) is 5.92 Å². The third kappa shape index (κ3) is 3.85. The third-order valence-corrected chi connectivity index (χ3v) is 6.41. The van der Waals surface area contributed by atoms with Gasteiger partial charge >= 0.3 is 11.9 Å². The SMILES string of the molecule is Cn1nc2cc(N3CCCc4cc(C(=O)N5CCC[C@H](C(F)(F)F)C5)cnc43)ccn2c1=O. The summed E-state index contributed by atoms with van der Waals surface area (Å²) in [7, 11) is 1.59. The number of piperidine rings is 1. The standard InChI is InChI=1S/C22H23F3N6O2/c1-28-21(33)31-9-6-17(11-18(31)27-28)30-8-2-4-14-10-15(12-26-19(14)30)20(32)29-7-3-5-16(13-29)22(23,24)25/h6,9-12,16H,2-5,7-8,13H2,1H3/t16-/m0/s1. The molecular weight excluding hydrogens is 437 g/mol. The molecule has 0 bridgehead atoms. The van der Waals surface area contributed by atoms with Gasteiger partial charge < -0.3 is 9.80 Å². The fraction of sp³-hybridized carbons (Fsp3) is 0.455. The van der Waals surface area contributed by atoms with Crippen LogP contribution >= 0.6 is 0 Å². The van der Waals surface area contributed by atoms with Gasteiger partial charge in [0.2, 0.25) is 0 Å². The first kappa shape index (κ1) is 21.5. The summed E-state index contributed by atoms with van der Waals surface area (Å²) in [5.41, 5.74) is 2.29. The quantitative estimate of drug-likeness (QED) is 0.588. The minimum absolute atomic E-state index is 0.0530. The predicted molar refractivity (Wildman–Crippen MR) is 115 cm³/mol. The van der Waals surface area contributed by atoms with Crippen LogP contribution in [0.25, 0.3) is 5.65 Å². The molecule has 0 N–H and O–H groups in total. The minimum Gasteiger partial charge on any atom is -0.338 e. The van der Waals surface area contributed by atoms with Gasteiger partial charge in [0.25, 0.3) is 5.91 Å². The van der Waals surface area contributed by atoms with E-state index in [2.05, 4.69) is 10.1 Å². The molecule has 1 amide bonds. The van der Waals surface area contributed by atoms with E-state index in [-0.39, 0.29) is 18.7 Å². The van der Waals surface area contributed by atoms with E-state index in [9.17, 15) is 22.8 Å². The number of rotatable bonds is 2. The van der Waals surface area contributed by atoms with Crippen LogP contribution in [-0.4, -0.2) is 55.8 Å². The number of aryl methyl sites for hydroxylation is 2. The Morgan fingerprint density at radius 2 is 2.00 bits per heavy atom. The molecule has 3 aromatic heterocycles. The molecule has 11 heteroatoms. The Hall–Kier alpha value is -3.37. The van der Waals surface area contributed by atoms with Crippen LogP contribution < -0.4 is 10.6 Å². The molecule has 2 aliphatic heterocycles. The zero-order chi connectivity index (χ0) is 23.3. The molecule has 1 fully saturated rings. The average molecular weight is 460 g/mol. The second kappa shape index (κ2) is 7.89. The largest absolute Gasteiger partial charge is 0.393 e. The summed E-state index contributed by atoms with van der Waals surface area (Å²) in [5, 5.41) is 4.23. The molecule has 5 heterocycles. The van der Waals surface area contributed by atoms with E-state index in [1.807, 2.05) is 17.0 Å². The molecule has 1 saturated heterocycles. The lowest BCUT2D eigenvalue weighted by atomic mass is 9.96. The lowest BCUT2D eigenvalue weighted by Crippen LogP contribution is -2.44. The normalized spacial score (nSPS) is 19.1. The smallest absolute Gasteiger partial charge is 0.338 e. The number of hydrogen-bond acceptors (Lipinski definition) is 5. The first-order valence-corrected chi connectivity index (χ1v) is 10.9. The van der Waals surface area contributed by atoms with Gasteiger partial charge in [-0.15, -0.1) is 0 Å². The maximum Gasteiger partial charge on any atom is 0.393 e. The lowest BCUT2D eigenvalue weighted by molar-refractivity contribution is -0.184. The number of pyridine rings is 2. The molecule has 5 rings (SSSR count). The number of anilines is 2. The first-order valence-electron chi connectivity index (χ1n) is 10.9. The van der Waals surface area contributed by atoms with Gasteiger partial charge in [0.15, 0.2) is 5.65 Å². The number of alkyl halides is 3. The molecule has 0 unspecified atom stereocenters. The van der Waals surface area contributed by atoms with Crippen LogP contribution in [0.2, 0.25) is 0 Å². The van der Waals surface area contributed by atoms with Crippen LogP contribution in [0.15, 0.2) is 35.4 Å². The van der Waals surface area contributed by atoms with Gasteiger partial charge in [-0.05, 0) is 43.4 Å². The molecule has 0 spiro atoms. The number of hydrogen-bond donors (Lipinski definition) is 0. The summed E-state index contributed by atoms with van der Waals surface area (Å²) in [6.45, 7) is 0.715. The van der Waals surface area contributed by atoms with E-state index in [1.54, 1.807) is 19.3 Å². The van der Waals surface area contributed by atoms with Crippen LogP contribution in [0.3, 0.4) is 0 Å². The number of amides is 1. The van der Waals surface area contributed by atoms with Gasteiger partial charge in [-0.25, -0.2) is 14.5 Å². The van der Waals surface area contributed by atoms with Gasteiger partial charge in [-0.1, -0.05) is 0 Å². The Bertz CT molecular complexity index is 1280. The molecule has 1 atom stereocenters. The van der Waals surface area contributed by atoms with Crippen molar-refractivity contribution in [3.05, 3.63) is 52.2 Å². The second-order valence-electron chi connectivity index (χ2n) is 8.61. The highest BCUT2D eigenvalue weighted by atomic mass is 19.4. The van der Waals surface area contributed by atoms with E-state index >= 15 is 0 Å². The van der Waals surface area contributed by atoms with Gasteiger partial charge in [0.05, 0.1) is 11.5 Å². The van der Waals surface area contributed by atoms with E-state index in [1.165, 1.54) is 20.2 Å². The average Bonchev–Trinajstić information content (AvgIpc) is 3.10. The molecule has 2 aliphatic rings. The number of aromatic nitrogens is 4. The number of fused-ring (bicyclic) bond motifs is 2. The Labute approximate surface area is 187 Å². The molecule has 0 saturated carbocycles. The molecule has 3 aromatic rings. The topological polar surface area (TPSA) is 75.7 Å². The fourth-order valence-corrected chi connectivity index (χ4v) is 4.68. The highest BCUT2D eigenvalue weighted by Crippen LogP contribution is 2.35. The number of nitrogens with zero attached hydrogens (tertiary/aromatic N) is 6. The van der Waals surface area contributed by atoms with Gasteiger partial charge in [0, 0.05) is 50.8 Å². The van der Waals surface area contributed by atoms with Crippen LogP contribution in [-0.2, 0) is 13.5 Å². The summed E-state index contributed by atoms with van der Waals surface area (Å²) in [6.07, 6.45) is 0.745. The monoisotopic (exact) mass is 460 g/mol. The Morgan fingerprint density at radius 1 is 1.18 bits per heavy atom. The Morgan fingerprint density at radius 3 is 2.79 bits per heavy atom. The molecule has 0 radical (unpaired) electrons. The number of carbonyl (C=O) groups is 1. The second-order valence-corrected chi connectivity index (χ2v) is 8.61. The van der Waals surface area contributed by atoms with E-state index in [0.717, 1.165) is 24.1 Å².